The van der Waals surface area contributed by atoms with Crippen molar-refractivity contribution in [2.45, 2.75) is 6.42 Å². The number of carbonyl (C=O) groups is 3. The summed E-state index contributed by atoms with van der Waals surface area (Å²) in [5.41, 5.74) is 0.457. The van der Waals surface area contributed by atoms with Gasteiger partial charge in [0.05, 0.1) is 12.7 Å². The molecule has 0 aliphatic heterocycles. The standard InChI is InChI=1S/C16H14BrNO5/c17-12-4-1-3-11(9-12)13(19)10-23-15(20)6-7-18-16(21)14-5-2-8-22-14/h1-5,8-9H,6-7,10H2,(H,18,21). The van der Waals surface area contributed by atoms with Gasteiger partial charge in [0.1, 0.15) is 0 Å². The zero-order valence-electron chi connectivity index (χ0n) is 12.1. The quantitative estimate of drug-likeness (QED) is 0.590. The summed E-state index contributed by atoms with van der Waals surface area (Å²) < 4.78 is 10.6. The topological polar surface area (TPSA) is 85.6 Å². The monoisotopic (exact) mass is 379 g/mol. The zero-order chi connectivity index (χ0) is 16.7. The van der Waals surface area contributed by atoms with Gasteiger partial charge in [-0.25, -0.2) is 0 Å². The third kappa shape index (κ3) is 5.37. The van der Waals surface area contributed by atoms with Crippen LogP contribution in [0.15, 0.2) is 51.6 Å². The Hall–Kier alpha value is -2.41. The fourth-order valence-electron chi connectivity index (χ4n) is 1.74. The molecule has 2 aromatic rings. The van der Waals surface area contributed by atoms with E-state index < -0.39 is 11.9 Å². The van der Waals surface area contributed by atoms with Crippen LogP contribution in [0.4, 0.5) is 0 Å². The van der Waals surface area contributed by atoms with E-state index in [1.54, 1.807) is 30.3 Å². The highest BCUT2D eigenvalue weighted by Gasteiger charge is 2.12. The van der Waals surface area contributed by atoms with Crippen molar-refractivity contribution in [3.05, 3.63) is 58.5 Å². The molecule has 0 unspecified atom stereocenters. The van der Waals surface area contributed by atoms with Crippen LogP contribution < -0.4 is 5.32 Å². The zero-order valence-corrected chi connectivity index (χ0v) is 13.7. The van der Waals surface area contributed by atoms with Crippen LogP contribution in [-0.2, 0) is 9.53 Å². The van der Waals surface area contributed by atoms with E-state index >= 15 is 0 Å². The number of hydrogen-bond donors (Lipinski definition) is 1. The van der Waals surface area contributed by atoms with Crippen LogP contribution in [0, 0.1) is 0 Å². The second kappa shape index (κ2) is 8.28. The number of hydrogen-bond acceptors (Lipinski definition) is 5. The highest BCUT2D eigenvalue weighted by atomic mass is 79.9. The Bertz CT molecular complexity index is 696. The van der Waals surface area contributed by atoms with Gasteiger partial charge in [-0.1, -0.05) is 28.1 Å². The first-order valence-electron chi connectivity index (χ1n) is 6.82. The smallest absolute Gasteiger partial charge is 0.308 e. The molecule has 0 aliphatic rings. The molecule has 0 bridgehead atoms. The molecule has 1 heterocycles. The van der Waals surface area contributed by atoms with Gasteiger partial charge in [-0.2, -0.15) is 0 Å². The van der Waals surface area contributed by atoms with E-state index in [0.717, 1.165) is 4.47 Å². The average molecular weight is 380 g/mol. The third-order valence-corrected chi connectivity index (χ3v) is 3.36. The van der Waals surface area contributed by atoms with Crippen LogP contribution in [0.3, 0.4) is 0 Å². The molecule has 7 heteroatoms. The maximum absolute atomic E-state index is 11.9. The first kappa shape index (κ1) is 17.0. The molecule has 6 nitrogen and oxygen atoms in total. The number of ketones is 1. The normalized spacial score (nSPS) is 10.1. The Labute approximate surface area is 140 Å². The molecule has 1 aromatic carbocycles. The number of furan rings is 1. The van der Waals surface area contributed by atoms with Crippen LogP contribution in [0.25, 0.3) is 0 Å². The van der Waals surface area contributed by atoms with E-state index in [0.29, 0.717) is 5.56 Å². The summed E-state index contributed by atoms with van der Waals surface area (Å²) in [6.45, 7) is -0.231. The largest absolute Gasteiger partial charge is 0.459 e. The van der Waals surface area contributed by atoms with Crippen molar-refractivity contribution in [2.24, 2.45) is 0 Å². The van der Waals surface area contributed by atoms with Gasteiger partial charge in [0, 0.05) is 16.6 Å². The maximum atomic E-state index is 11.9. The molecule has 0 saturated heterocycles. The molecule has 1 N–H and O–H groups in total. The number of ether oxygens (including phenoxy) is 1. The Kier molecular flexibility index (Phi) is 6.10. The van der Waals surface area contributed by atoms with Crippen molar-refractivity contribution in [2.75, 3.05) is 13.2 Å². The number of amides is 1. The van der Waals surface area contributed by atoms with Gasteiger partial charge in [-0.05, 0) is 24.3 Å². The highest BCUT2D eigenvalue weighted by Crippen LogP contribution is 2.12. The van der Waals surface area contributed by atoms with Crippen LogP contribution in [0.1, 0.15) is 27.3 Å². The third-order valence-electron chi connectivity index (χ3n) is 2.87. The molecule has 0 atom stereocenters. The van der Waals surface area contributed by atoms with Gasteiger partial charge in [0.2, 0.25) is 0 Å². The number of nitrogens with one attached hydrogen (secondary N) is 1. The lowest BCUT2D eigenvalue weighted by Gasteiger charge is -2.05. The van der Waals surface area contributed by atoms with Crippen molar-refractivity contribution in [1.29, 1.82) is 0 Å². The van der Waals surface area contributed by atoms with Gasteiger partial charge in [0.15, 0.2) is 18.2 Å². The van der Waals surface area contributed by atoms with Gasteiger partial charge >= 0.3 is 5.97 Å². The minimum Gasteiger partial charge on any atom is -0.459 e. The molecule has 0 spiro atoms. The molecule has 1 amide bonds. The molecule has 120 valence electrons. The second-order valence-electron chi connectivity index (χ2n) is 4.58. The molecule has 0 aliphatic carbocycles. The number of esters is 1. The Morgan fingerprint density at radius 3 is 2.70 bits per heavy atom. The number of Topliss-reactive ketones (excluding diaryl/α,β-unsaturated/α-hetero) is 1. The second-order valence-corrected chi connectivity index (χ2v) is 5.49. The Morgan fingerprint density at radius 2 is 2.00 bits per heavy atom. The summed E-state index contributed by atoms with van der Waals surface area (Å²) in [7, 11) is 0. The number of benzene rings is 1. The fourth-order valence-corrected chi connectivity index (χ4v) is 2.14. The molecule has 0 radical (unpaired) electrons. The molecule has 1 aromatic heterocycles. The van der Waals surface area contributed by atoms with Crippen molar-refractivity contribution < 1.29 is 23.5 Å². The first-order valence-corrected chi connectivity index (χ1v) is 7.61. The van der Waals surface area contributed by atoms with Crippen LogP contribution in [-0.4, -0.2) is 30.8 Å². The van der Waals surface area contributed by atoms with Crippen molar-refractivity contribution in [1.82, 2.24) is 5.32 Å². The average Bonchev–Trinajstić information content (AvgIpc) is 3.07. The minimum absolute atomic E-state index is 0.0296. The van der Waals surface area contributed by atoms with E-state index in [1.165, 1.54) is 12.3 Å². The van der Waals surface area contributed by atoms with E-state index in [2.05, 4.69) is 21.2 Å². The lowest BCUT2D eigenvalue weighted by molar-refractivity contribution is -0.142. The van der Waals surface area contributed by atoms with Crippen molar-refractivity contribution in [3.63, 3.8) is 0 Å². The van der Waals surface area contributed by atoms with Crippen LogP contribution in [0.5, 0.6) is 0 Å². The number of halogens is 1. The highest BCUT2D eigenvalue weighted by molar-refractivity contribution is 9.10. The SMILES string of the molecule is O=C(CCNC(=O)c1ccco1)OCC(=O)c1cccc(Br)c1. The predicted molar refractivity (Wildman–Crippen MR) is 85.1 cm³/mol. The van der Waals surface area contributed by atoms with E-state index in [9.17, 15) is 14.4 Å². The van der Waals surface area contributed by atoms with Crippen LogP contribution >= 0.6 is 15.9 Å². The lowest BCUT2D eigenvalue weighted by Crippen LogP contribution is -2.26. The number of rotatable bonds is 7. The van der Waals surface area contributed by atoms with E-state index in [4.69, 9.17) is 9.15 Å². The van der Waals surface area contributed by atoms with Gasteiger partial charge in [-0.3, -0.25) is 14.4 Å². The molecular formula is C16H14BrNO5. The molecule has 0 fully saturated rings. The number of carbonyl (C=O) groups excluding carboxylic acids is 3. The van der Waals surface area contributed by atoms with Crippen molar-refractivity contribution in [3.8, 4) is 0 Å². The Morgan fingerprint density at radius 1 is 1.17 bits per heavy atom. The summed E-state index contributed by atoms with van der Waals surface area (Å²) in [6, 6.07) is 9.93. The van der Waals surface area contributed by atoms with Gasteiger partial charge in [0.25, 0.3) is 5.91 Å². The van der Waals surface area contributed by atoms with Gasteiger partial charge in [-0.15, -0.1) is 0 Å². The van der Waals surface area contributed by atoms with E-state index in [1.807, 2.05) is 0 Å². The molecular weight excluding hydrogens is 366 g/mol. The molecule has 23 heavy (non-hydrogen) atoms. The Balaban J connectivity index is 1.69. The molecule has 2 rings (SSSR count). The summed E-state index contributed by atoms with van der Waals surface area (Å²) in [5.74, 6) is -1.09. The fraction of sp³-hybridized carbons (Fsp3) is 0.188. The van der Waals surface area contributed by atoms with Crippen LogP contribution in [0.2, 0.25) is 0 Å². The molecule has 0 saturated carbocycles. The first-order chi connectivity index (χ1) is 11.1. The minimum atomic E-state index is -0.562. The summed E-state index contributed by atoms with van der Waals surface area (Å²) in [6.07, 6.45) is 1.36. The predicted octanol–water partition coefficient (Wildman–Crippen LogP) is 2.59. The van der Waals surface area contributed by atoms with E-state index in [-0.39, 0.29) is 31.1 Å². The summed E-state index contributed by atoms with van der Waals surface area (Å²) in [5, 5.41) is 2.52. The summed E-state index contributed by atoms with van der Waals surface area (Å²) >= 11 is 3.27. The maximum Gasteiger partial charge on any atom is 0.308 e. The lowest BCUT2D eigenvalue weighted by atomic mass is 10.1. The van der Waals surface area contributed by atoms with Gasteiger partial charge < -0.3 is 14.5 Å². The van der Waals surface area contributed by atoms with Crippen molar-refractivity contribution >= 4 is 33.6 Å². The summed E-state index contributed by atoms with van der Waals surface area (Å²) in [4.78, 5) is 35.0.